The van der Waals surface area contributed by atoms with Gasteiger partial charge < -0.3 is 31.5 Å². The van der Waals surface area contributed by atoms with E-state index in [1.807, 2.05) is 0 Å². The number of carboxylic acid groups (broad SMARTS) is 1. The van der Waals surface area contributed by atoms with Crippen molar-refractivity contribution in [2.75, 3.05) is 17.2 Å². The van der Waals surface area contributed by atoms with Gasteiger partial charge in [0.1, 0.15) is 30.1 Å². The highest BCUT2D eigenvalue weighted by Gasteiger charge is 2.44. The van der Waals surface area contributed by atoms with Gasteiger partial charge >= 0.3 is 5.97 Å². The molecule has 3 heterocycles. The minimum Gasteiger partial charge on any atom is -0.480 e. The van der Waals surface area contributed by atoms with Crippen LogP contribution in [0.3, 0.4) is 0 Å². The summed E-state index contributed by atoms with van der Waals surface area (Å²) in [6.07, 6.45) is -0.747. The summed E-state index contributed by atoms with van der Waals surface area (Å²) in [7, 11) is 0. The van der Waals surface area contributed by atoms with Crippen molar-refractivity contribution in [2.24, 2.45) is 5.73 Å². The van der Waals surface area contributed by atoms with Crippen molar-refractivity contribution in [1.29, 1.82) is 0 Å². The van der Waals surface area contributed by atoms with Crippen LogP contribution in [0.4, 0.5) is 5.82 Å². The summed E-state index contributed by atoms with van der Waals surface area (Å²) < 4.78 is 7.29. The lowest BCUT2D eigenvalue weighted by Crippen LogP contribution is -2.33. The zero-order valence-corrected chi connectivity index (χ0v) is 14.5. The van der Waals surface area contributed by atoms with Gasteiger partial charge in [0.15, 0.2) is 17.7 Å². The molecular weight excluding hydrogens is 364 g/mol. The SMILES string of the molecule is Nc1ncnc2c1ncn2[C@@H]1O[C@H](CSCCC(N)C(=O)O)[C@@H](O)[C@H]1O. The third-order valence-corrected chi connectivity index (χ3v) is 5.26. The molecule has 0 radical (unpaired) electrons. The Morgan fingerprint density at radius 2 is 2.12 bits per heavy atom. The third kappa shape index (κ3) is 3.59. The van der Waals surface area contributed by atoms with Gasteiger partial charge in [-0.15, -0.1) is 0 Å². The maximum atomic E-state index is 10.7. The summed E-state index contributed by atoms with van der Waals surface area (Å²) in [5.74, 6) is 0.0405. The van der Waals surface area contributed by atoms with Gasteiger partial charge in [-0.25, -0.2) is 15.0 Å². The summed E-state index contributed by atoms with van der Waals surface area (Å²) in [6.45, 7) is 0. The second-order valence-electron chi connectivity index (χ2n) is 5.94. The van der Waals surface area contributed by atoms with Crippen LogP contribution >= 0.6 is 11.8 Å². The number of carboxylic acids is 1. The van der Waals surface area contributed by atoms with Gasteiger partial charge in [-0.2, -0.15) is 11.8 Å². The van der Waals surface area contributed by atoms with Crippen molar-refractivity contribution < 1.29 is 24.9 Å². The first kappa shape index (κ1) is 18.8. The standard InChI is InChI=1S/C14H20N6O5S/c15-6(14(23)24)1-2-26-3-7-9(21)10(22)13(25-7)20-5-19-8-11(16)17-4-18-12(8)20/h4-7,9-10,13,21-22H,1-3,15H2,(H,23,24)(H2,16,17,18)/t6?,7-,9-,10-,13-/m1/s1. The zero-order chi connectivity index (χ0) is 18.8. The number of ether oxygens (including phenoxy) is 1. The average molecular weight is 384 g/mol. The highest BCUT2D eigenvalue weighted by Crippen LogP contribution is 2.33. The normalized spacial score (nSPS) is 27.0. The van der Waals surface area contributed by atoms with E-state index in [1.165, 1.54) is 29.0 Å². The predicted molar refractivity (Wildman–Crippen MR) is 93.2 cm³/mol. The van der Waals surface area contributed by atoms with E-state index in [1.54, 1.807) is 0 Å². The molecular formula is C14H20N6O5S. The van der Waals surface area contributed by atoms with Crippen LogP contribution in [0.1, 0.15) is 12.6 Å². The first-order chi connectivity index (χ1) is 12.4. The molecule has 0 amide bonds. The van der Waals surface area contributed by atoms with Crippen molar-refractivity contribution in [2.45, 2.75) is 37.0 Å². The molecule has 7 N–H and O–H groups in total. The summed E-state index contributed by atoms with van der Waals surface area (Å²) in [6, 6.07) is -0.919. The van der Waals surface area contributed by atoms with E-state index < -0.39 is 36.6 Å². The number of rotatable bonds is 7. The van der Waals surface area contributed by atoms with E-state index in [0.29, 0.717) is 29.1 Å². The summed E-state index contributed by atoms with van der Waals surface area (Å²) in [5.41, 5.74) is 12.0. The monoisotopic (exact) mass is 384 g/mol. The number of thioether (sulfide) groups is 1. The molecule has 1 aliphatic rings. The number of aliphatic hydroxyl groups excluding tert-OH is 2. The second-order valence-corrected chi connectivity index (χ2v) is 7.09. The highest BCUT2D eigenvalue weighted by atomic mass is 32.2. The molecule has 2 aromatic rings. The minimum absolute atomic E-state index is 0.212. The minimum atomic E-state index is -1.17. The van der Waals surface area contributed by atoms with Crippen LogP contribution in [0.2, 0.25) is 0 Å². The first-order valence-electron chi connectivity index (χ1n) is 7.91. The van der Waals surface area contributed by atoms with Crippen LogP contribution in [-0.2, 0) is 9.53 Å². The van der Waals surface area contributed by atoms with Crippen molar-refractivity contribution in [3.63, 3.8) is 0 Å². The molecule has 0 saturated carbocycles. The quantitative estimate of drug-likeness (QED) is 0.352. The molecule has 12 heteroatoms. The van der Waals surface area contributed by atoms with Crippen molar-refractivity contribution in [3.05, 3.63) is 12.7 Å². The van der Waals surface area contributed by atoms with E-state index in [-0.39, 0.29) is 5.82 Å². The molecule has 11 nitrogen and oxygen atoms in total. The maximum Gasteiger partial charge on any atom is 0.320 e. The van der Waals surface area contributed by atoms with Gasteiger partial charge in [0.05, 0.1) is 12.4 Å². The number of anilines is 1. The van der Waals surface area contributed by atoms with Crippen molar-refractivity contribution in [3.8, 4) is 0 Å². The lowest BCUT2D eigenvalue weighted by Gasteiger charge is -2.16. The van der Waals surface area contributed by atoms with Gasteiger partial charge in [0.25, 0.3) is 0 Å². The number of aliphatic carboxylic acids is 1. The van der Waals surface area contributed by atoms with Crippen molar-refractivity contribution in [1.82, 2.24) is 19.5 Å². The summed E-state index contributed by atoms with van der Waals surface area (Å²) >= 11 is 1.40. The summed E-state index contributed by atoms with van der Waals surface area (Å²) in [5, 5.41) is 29.3. The second kappa shape index (κ2) is 7.72. The number of aromatic nitrogens is 4. The van der Waals surface area contributed by atoms with Gasteiger partial charge in [-0.3, -0.25) is 9.36 Å². The molecule has 0 spiro atoms. The Labute approximate surface area is 152 Å². The van der Waals surface area contributed by atoms with E-state index in [0.717, 1.165) is 0 Å². The van der Waals surface area contributed by atoms with E-state index in [2.05, 4.69) is 15.0 Å². The Morgan fingerprint density at radius 1 is 1.35 bits per heavy atom. The maximum absolute atomic E-state index is 10.7. The molecule has 1 saturated heterocycles. The number of nitrogens with two attached hydrogens (primary N) is 2. The molecule has 26 heavy (non-hydrogen) atoms. The number of hydrogen-bond donors (Lipinski definition) is 5. The van der Waals surface area contributed by atoms with E-state index in [4.69, 9.17) is 21.3 Å². The zero-order valence-electron chi connectivity index (χ0n) is 13.7. The fourth-order valence-electron chi connectivity index (χ4n) is 2.69. The first-order valence-corrected chi connectivity index (χ1v) is 9.06. The molecule has 0 aliphatic carbocycles. The number of hydrogen-bond acceptors (Lipinski definition) is 10. The summed E-state index contributed by atoms with van der Waals surface area (Å²) in [4.78, 5) is 22.8. The van der Waals surface area contributed by atoms with Crippen LogP contribution in [0.5, 0.6) is 0 Å². The highest BCUT2D eigenvalue weighted by molar-refractivity contribution is 7.99. The molecule has 5 atom stereocenters. The van der Waals surface area contributed by atoms with E-state index in [9.17, 15) is 15.0 Å². The number of nitrogen functional groups attached to an aromatic ring is 1. The van der Waals surface area contributed by atoms with Crippen LogP contribution in [0.15, 0.2) is 12.7 Å². The molecule has 0 aromatic carbocycles. The fraction of sp³-hybridized carbons (Fsp3) is 0.571. The van der Waals surface area contributed by atoms with Crippen molar-refractivity contribution >= 4 is 34.7 Å². The third-order valence-electron chi connectivity index (χ3n) is 4.17. The van der Waals surface area contributed by atoms with Crippen LogP contribution in [0, 0.1) is 0 Å². The molecule has 0 bridgehead atoms. The molecule has 1 fully saturated rings. The smallest absolute Gasteiger partial charge is 0.320 e. The predicted octanol–water partition coefficient (Wildman–Crippen LogP) is -1.44. The number of carbonyl (C=O) groups is 1. The average Bonchev–Trinajstić information content (AvgIpc) is 3.15. The number of fused-ring (bicyclic) bond motifs is 1. The lowest BCUT2D eigenvalue weighted by molar-refractivity contribution is -0.138. The fourth-order valence-corrected chi connectivity index (χ4v) is 3.78. The van der Waals surface area contributed by atoms with Crippen LogP contribution < -0.4 is 11.5 Å². The molecule has 142 valence electrons. The largest absolute Gasteiger partial charge is 0.480 e. The molecule has 1 aliphatic heterocycles. The van der Waals surface area contributed by atoms with Crippen LogP contribution in [0.25, 0.3) is 11.2 Å². The van der Waals surface area contributed by atoms with Gasteiger partial charge in [-0.05, 0) is 12.2 Å². The topological polar surface area (TPSA) is 183 Å². The van der Waals surface area contributed by atoms with Crippen LogP contribution in [-0.4, -0.2) is 76.7 Å². The Morgan fingerprint density at radius 3 is 2.85 bits per heavy atom. The molecule has 3 rings (SSSR count). The number of nitrogens with zero attached hydrogens (tertiary/aromatic N) is 4. The number of aliphatic hydroxyl groups is 2. The molecule has 2 aromatic heterocycles. The Hall–Kier alpha value is -1.99. The lowest BCUT2D eigenvalue weighted by atomic mass is 10.1. The Balaban J connectivity index is 1.64. The Bertz CT molecular complexity index is 788. The van der Waals surface area contributed by atoms with Gasteiger partial charge in [0.2, 0.25) is 0 Å². The van der Waals surface area contributed by atoms with Gasteiger partial charge in [0, 0.05) is 5.75 Å². The molecule has 1 unspecified atom stereocenters. The number of imidazole rings is 1. The van der Waals surface area contributed by atoms with Gasteiger partial charge in [-0.1, -0.05) is 0 Å². The Kier molecular flexibility index (Phi) is 5.58. The van der Waals surface area contributed by atoms with E-state index >= 15 is 0 Å².